The number of hydrogen-bond donors (Lipinski definition) is 1. The number of benzene rings is 2. The molecular weight excluding hydrogens is 426 g/mol. The molecule has 1 heterocycles. The minimum Gasteiger partial charge on any atom is -0.493 e. The molecule has 0 radical (unpaired) electrons. The maximum atomic E-state index is 13.0. The van der Waals surface area contributed by atoms with E-state index in [0.29, 0.717) is 43.3 Å². The van der Waals surface area contributed by atoms with Gasteiger partial charge in [-0.25, -0.2) is 4.79 Å². The van der Waals surface area contributed by atoms with E-state index < -0.39 is 5.97 Å². The summed E-state index contributed by atoms with van der Waals surface area (Å²) >= 11 is 6.52. The Morgan fingerprint density at radius 2 is 1.73 bits per heavy atom. The molecule has 1 fully saturated rings. The van der Waals surface area contributed by atoms with Gasteiger partial charge in [-0.3, -0.25) is 9.69 Å². The summed E-state index contributed by atoms with van der Waals surface area (Å²) < 4.78 is 16.3. The van der Waals surface area contributed by atoms with Gasteiger partial charge in [-0.15, -0.1) is 0 Å². The van der Waals surface area contributed by atoms with Crippen LogP contribution in [0.15, 0.2) is 35.2 Å². The Kier molecular flexibility index (Phi) is 6.33. The molecule has 2 aromatic rings. The predicted octanol–water partition coefficient (Wildman–Crippen LogP) is 4.12. The van der Waals surface area contributed by atoms with Gasteiger partial charge in [0.2, 0.25) is 5.75 Å². The number of nitrogens with zero attached hydrogens (tertiary/aromatic N) is 1. The van der Waals surface area contributed by atoms with E-state index in [0.717, 1.165) is 11.8 Å². The standard InChI is InChI=1S/C21H19NO6S2/c1-11-5-6-13(10-14(11)20(24)25)22-19(23)17(30-21(22)29)9-12-7-15(26-2)18(28-4)16(8-12)27-3/h5-10H,1-4H3,(H,24,25). The highest BCUT2D eigenvalue weighted by Crippen LogP contribution is 2.41. The highest BCUT2D eigenvalue weighted by molar-refractivity contribution is 8.27. The van der Waals surface area contributed by atoms with Gasteiger partial charge in [-0.05, 0) is 48.4 Å². The maximum absolute atomic E-state index is 13.0. The third-order valence-electron chi connectivity index (χ3n) is 4.49. The van der Waals surface area contributed by atoms with Crippen LogP contribution in [0.25, 0.3) is 6.08 Å². The van der Waals surface area contributed by atoms with Gasteiger partial charge in [0.15, 0.2) is 15.8 Å². The molecule has 0 atom stereocenters. The molecule has 7 nitrogen and oxygen atoms in total. The SMILES string of the molecule is COc1cc(C=C2SC(=S)N(c3ccc(C)c(C(=O)O)c3)C2=O)cc(OC)c1OC. The normalized spacial score (nSPS) is 14.9. The van der Waals surface area contributed by atoms with E-state index in [9.17, 15) is 14.7 Å². The molecule has 0 unspecified atom stereocenters. The molecule has 9 heteroatoms. The molecule has 0 aromatic heterocycles. The summed E-state index contributed by atoms with van der Waals surface area (Å²) in [6.45, 7) is 1.70. The van der Waals surface area contributed by atoms with Crippen molar-refractivity contribution in [2.75, 3.05) is 26.2 Å². The van der Waals surface area contributed by atoms with Crippen molar-refractivity contribution >= 4 is 51.9 Å². The average Bonchev–Trinajstić information content (AvgIpc) is 3.00. The Balaban J connectivity index is 2.00. The minimum atomic E-state index is -1.06. The molecule has 0 spiro atoms. The van der Waals surface area contributed by atoms with Gasteiger partial charge in [0, 0.05) is 0 Å². The summed E-state index contributed by atoms with van der Waals surface area (Å²) in [7, 11) is 4.54. The topological polar surface area (TPSA) is 85.3 Å². The fraction of sp³-hybridized carbons (Fsp3) is 0.190. The molecule has 1 N–H and O–H groups in total. The number of aromatic carboxylic acids is 1. The zero-order valence-corrected chi connectivity index (χ0v) is 18.3. The van der Waals surface area contributed by atoms with Gasteiger partial charge in [0.05, 0.1) is 37.5 Å². The van der Waals surface area contributed by atoms with E-state index in [1.54, 1.807) is 37.3 Å². The average molecular weight is 446 g/mol. The number of thiocarbonyl (C=S) groups is 1. The summed E-state index contributed by atoms with van der Waals surface area (Å²) in [5.41, 5.74) is 1.80. The lowest BCUT2D eigenvalue weighted by molar-refractivity contribution is -0.113. The highest BCUT2D eigenvalue weighted by atomic mass is 32.2. The number of carbonyl (C=O) groups excluding carboxylic acids is 1. The largest absolute Gasteiger partial charge is 0.493 e. The maximum Gasteiger partial charge on any atom is 0.336 e. The van der Waals surface area contributed by atoms with Crippen LogP contribution in [0.4, 0.5) is 5.69 Å². The molecule has 30 heavy (non-hydrogen) atoms. The smallest absolute Gasteiger partial charge is 0.336 e. The number of anilines is 1. The molecule has 0 aliphatic carbocycles. The molecule has 1 saturated heterocycles. The zero-order chi connectivity index (χ0) is 22.0. The monoisotopic (exact) mass is 445 g/mol. The van der Waals surface area contributed by atoms with Crippen LogP contribution in [0.3, 0.4) is 0 Å². The second-order valence-corrected chi connectivity index (χ2v) is 7.96. The van der Waals surface area contributed by atoms with Gasteiger partial charge < -0.3 is 19.3 Å². The van der Waals surface area contributed by atoms with Crippen LogP contribution in [0, 0.1) is 6.92 Å². The summed E-state index contributed by atoms with van der Waals surface area (Å²) in [5.74, 6) is -0.0244. The van der Waals surface area contributed by atoms with E-state index in [4.69, 9.17) is 26.4 Å². The van der Waals surface area contributed by atoms with Crippen LogP contribution in [0.1, 0.15) is 21.5 Å². The molecule has 0 bridgehead atoms. The van der Waals surface area contributed by atoms with E-state index in [1.165, 1.54) is 32.3 Å². The number of carboxylic acids is 1. The van der Waals surface area contributed by atoms with Crippen LogP contribution in [0.2, 0.25) is 0 Å². The van der Waals surface area contributed by atoms with Crippen LogP contribution in [-0.2, 0) is 4.79 Å². The molecule has 1 aliphatic rings. The number of carbonyl (C=O) groups is 2. The number of methoxy groups -OCH3 is 3. The van der Waals surface area contributed by atoms with E-state index in [1.807, 2.05) is 0 Å². The number of ether oxygens (including phenoxy) is 3. The summed E-state index contributed by atoms with van der Waals surface area (Å²) in [6.07, 6.45) is 1.68. The first kappa shape index (κ1) is 21.7. The first-order valence-electron chi connectivity index (χ1n) is 8.72. The Bertz CT molecular complexity index is 1050. The number of carboxylic acid groups (broad SMARTS) is 1. The fourth-order valence-corrected chi connectivity index (χ4v) is 4.30. The number of thioether (sulfide) groups is 1. The zero-order valence-electron chi connectivity index (χ0n) is 16.7. The van der Waals surface area contributed by atoms with Gasteiger partial charge in [0.1, 0.15) is 0 Å². The third kappa shape index (κ3) is 3.99. The summed E-state index contributed by atoms with van der Waals surface area (Å²) in [4.78, 5) is 26.2. The van der Waals surface area contributed by atoms with Gasteiger partial charge in [0.25, 0.3) is 5.91 Å². The summed E-state index contributed by atoms with van der Waals surface area (Å²) in [6, 6.07) is 8.23. The van der Waals surface area contributed by atoms with Crippen molar-refractivity contribution < 1.29 is 28.9 Å². The molecular formula is C21H19NO6S2. The van der Waals surface area contributed by atoms with E-state index in [-0.39, 0.29) is 11.5 Å². The lowest BCUT2D eigenvalue weighted by Gasteiger charge is -2.16. The number of hydrogen-bond acceptors (Lipinski definition) is 7. The highest BCUT2D eigenvalue weighted by Gasteiger charge is 2.34. The molecule has 3 rings (SSSR count). The number of rotatable bonds is 6. The fourth-order valence-electron chi connectivity index (χ4n) is 3.01. The van der Waals surface area contributed by atoms with E-state index >= 15 is 0 Å². The van der Waals surface area contributed by atoms with Crippen molar-refractivity contribution in [1.29, 1.82) is 0 Å². The molecule has 2 aromatic carbocycles. The van der Waals surface area contributed by atoms with Crippen molar-refractivity contribution in [3.63, 3.8) is 0 Å². The van der Waals surface area contributed by atoms with Crippen LogP contribution in [-0.4, -0.2) is 42.6 Å². The Morgan fingerprint density at radius 3 is 2.27 bits per heavy atom. The van der Waals surface area contributed by atoms with Crippen molar-refractivity contribution in [2.24, 2.45) is 0 Å². The third-order valence-corrected chi connectivity index (χ3v) is 5.79. The first-order chi connectivity index (χ1) is 14.3. The quantitative estimate of drug-likeness (QED) is 0.525. The van der Waals surface area contributed by atoms with Crippen molar-refractivity contribution in [3.05, 3.63) is 51.9 Å². The second kappa shape index (κ2) is 8.76. The summed E-state index contributed by atoms with van der Waals surface area (Å²) in [5, 5.41) is 9.37. The number of aryl methyl sites for hydroxylation is 1. The van der Waals surface area contributed by atoms with Crippen molar-refractivity contribution in [2.45, 2.75) is 6.92 Å². The van der Waals surface area contributed by atoms with Crippen LogP contribution in [0.5, 0.6) is 17.2 Å². The molecule has 0 saturated carbocycles. The van der Waals surface area contributed by atoms with Gasteiger partial charge in [-0.2, -0.15) is 0 Å². The van der Waals surface area contributed by atoms with Gasteiger partial charge in [-0.1, -0.05) is 30.0 Å². The molecule has 1 aliphatic heterocycles. The second-order valence-electron chi connectivity index (χ2n) is 6.28. The first-order valence-corrected chi connectivity index (χ1v) is 9.95. The van der Waals surface area contributed by atoms with Crippen molar-refractivity contribution in [3.8, 4) is 17.2 Å². The molecule has 1 amide bonds. The molecule has 156 valence electrons. The lowest BCUT2D eigenvalue weighted by atomic mass is 10.1. The van der Waals surface area contributed by atoms with Crippen molar-refractivity contribution in [1.82, 2.24) is 0 Å². The lowest BCUT2D eigenvalue weighted by Crippen LogP contribution is -2.27. The Labute approximate surface area is 183 Å². The Morgan fingerprint density at radius 1 is 1.10 bits per heavy atom. The minimum absolute atomic E-state index is 0.121. The van der Waals surface area contributed by atoms with Crippen LogP contribution >= 0.6 is 24.0 Å². The predicted molar refractivity (Wildman–Crippen MR) is 120 cm³/mol. The van der Waals surface area contributed by atoms with Gasteiger partial charge >= 0.3 is 5.97 Å². The number of amides is 1. The van der Waals surface area contributed by atoms with E-state index in [2.05, 4.69) is 0 Å². The Hall–Kier alpha value is -3.04. The van der Waals surface area contributed by atoms with Crippen LogP contribution < -0.4 is 19.1 Å².